The lowest BCUT2D eigenvalue weighted by molar-refractivity contribution is 0.0259. The Morgan fingerprint density at radius 1 is 1.14 bits per heavy atom. The maximum absolute atomic E-state index is 12.3. The van der Waals surface area contributed by atoms with Gasteiger partial charge in [0.25, 0.3) is 0 Å². The fourth-order valence-corrected chi connectivity index (χ4v) is 4.12. The lowest BCUT2D eigenvalue weighted by atomic mass is 10.1. The molecule has 2 aliphatic heterocycles. The molecule has 2 saturated heterocycles. The highest BCUT2D eigenvalue weighted by molar-refractivity contribution is 5.69. The number of rotatable bonds is 6. The molecule has 3 heterocycles. The Bertz CT molecular complexity index is 834. The van der Waals surface area contributed by atoms with Gasteiger partial charge >= 0.3 is 6.09 Å². The SMILES string of the molecule is O=C(OCc1ccccc1)N1CC[C@H]1COc1cncc(N2CC3CC3C2)c1. The molecule has 0 bridgehead atoms. The van der Waals surface area contributed by atoms with E-state index in [-0.39, 0.29) is 12.1 Å². The predicted molar refractivity (Wildman–Crippen MR) is 105 cm³/mol. The van der Waals surface area contributed by atoms with Gasteiger partial charge in [-0.25, -0.2) is 4.79 Å². The number of piperidine rings is 1. The first-order valence-corrected chi connectivity index (χ1v) is 10.1. The van der Waals surface area contributed by atoms with Crippen molar-refractivity contribution in [2.45, 2.75) is 25.5 Å². The fraction of sp³-hybridized carbons (Fsp3) is 0.455. The average Bonchev–Trinajstić information content (AvgIpc) is 3.32. The van der Waals surface area contributed by atoms with Crippen LogP contribution in [0.3, 0.4) is 0 Å². The number of amides is 1. The van der Waals surface area contributed by atoms with Crippen molar-refractivity contribution in [1.29, 1.82) is 0 Å². The smallest absolute Gasteiger partial charge is 0.410 e. The summed E-state index contributed by atoms with van der Waals surface area (Å²) in [5.41, 5.74) is 2.13. The molecule has 146 valence electrons. The Labute approximate surface area is 165 Å². The summed E-state index contributed by atoms with van der Waals surface area (Å²) in [5.74, 6) is 2.53. The number of nitrogens with zero attached hydrogens (tertiary/aromatic N) is 3. The van der Waals surface area contributed by atoms with Crippen LogP contribution in [0.5, 0.6) is 5.75 Å². The second-order valence-corrected chi connectivity index (χ2v) is 8.03. The van der Waals surface area contributed by atoms with E-state index in [2.05, 4.69) is 16.0 Å². The molecule has 1 aromatic heterocycles. The van der Waals surface area contributed by atoms with Gasteiger partial charge < -0.3 is 19.3 Å². The first kappa shape index (κ1) is 17.3. The molecule has 5 rings (SSSR count). The molecule has 6 heteroatoms. The first-order chi connectivity index (χ1) is 13.8. The monoisotopic (exact) mass is 379 g/mol. The maximum Gasteiger partial charge on any atom is 0.410 e. The molecule has 6 nitrogen and oxygen atoms in total. The van der Waals surface area contributed by atoms with Crippen LogP contribution in [0.15, 0.2) is 48.8 Å². The zero-order valence-corrected chi connectivity index (χ0v) is 15.9. The minimum Gasteiger partial charge on any atom is -0.490 e. The van der Waals surface area contributed by atoms with Crippen LogP contribution >= 0.6 is 0 Å². The van der Waals surface area contributed by atoms with Crippen LogP contribution in [0, 0.1) is 11.8 Å². The number of ether oxygens (including phenoxy) is 2. The van der Waals surface area contributed by atoms with Crippen molar-refractivity contribution in [3.8, 4) is 5.75 Å². The van der Waals surface area contributed by atoms with Crippen molar-refractivity contribution in [3.63, 3.8) is 0 Å². The molecule has 1 aliphatic carbocycles. The fourth-order valence-electron chi connectivity index (χ4n) is 4.12. The Hall–Kier alpha value is -2.76. The van der Waals surface area contributed by atoms with E-state index in [1.165, 1.54) is 6.42 Å². The van der Waals surface area contributed by atoms with Gasteiger partial charge in [0, 0.05) is 25.7 Å². The Balaban J connectivity index is 1.11. The van der Waals surface area contributed by atoms with E-state index in [9.17, 15) is 4.79 Å². The van der Waals surface area contributed by atoms with Crippen LogP contribution in [-0.4, -0.2) is 48.3 Å². The second kappa shape index (κ2) is 7.34. The van der Waals surface area contributed by atoms with E-state index in [1.54, 1.807) is 11.1 Å². The van der Waals surface area contributed by atoms with Gasteiger partial charge in [-0.3, -0.25) is 4.98 Å². The summed E-state index contributed by atoms with van der Waals surface area (Å²) in [6.45, 7) is 3.76. The lowest BCUT2D eigenvalue weighted by Crippen LogP contribution is -2.54. The summed E-state index contributed by atoms with van der Waals surface area (Å²) in [6, 6.07) is 11.9. The van der Waals surface area contributed by atoms with E-state index >= 15 is 0 Å². The van der Waals surface area contributed by atoms with Crippen molar-refractivity contribution in [2.24, 2.45) is 11.8 Å². The number of hydrogen-bond acceptors (Lipinski definition) is 5. The number of fused-ring (bicyclic) bond motifs is 1. The van der Waals surface area contributed by atoms with E-state index in [1.807, 2.05) is 36.5 Å². The number of hydrogen-bond donors (Lipinski definition) is 0. The summed E-state index contributed by atoms with van der Waals surface area (Å²) in [7, 11) is 0. The molecule has 1 saturated carbocycles. The predicted octanol–water partition coefficient (Wildman–Crippen LogP) is 3.33. The van der Waals surface area contributed by atoms with Crippen LogP contribution in [0.2, 0.25) is 0 Å². The van der Waals surface area contributed by atoms with Crippen molar-refractivity contribution in [1.82, 2.24) is 9.88 Å². The molecular formula is C22H25N3O3. The van der Waals surface area contributed by atoms with Crippen molar-refractivity contribution >= 4 is 11.8 Å². The molecule has 3 aliphatic rings. The number of likely N-dealkylation sites (tertiary alicyclic amines) is 1. The van der Waals surface area contributed by atoms with Crippen molar-refractivity contribution in [3.05, 3.63) is 54.4 Å². The normalized spacial score (nSPS) is 25.1. The van der Waals surface area contributed by atoms with E-state index in [0.717, 1.165) is 54.9 Å². The van der Waals surface area contributed by atoms with Crippen molar-refractivity contribution in [2.75, 3.05) is 31.1 Å². The Kier molecular flexibility index (Phi) is 4.55. The third-order valence-corrected chi connectivity index (χ3v) is 6.07. The summed E-state index contributed by atoms with van der Waals surface area (Å²) in [6.07, 6.45) is 5.71. The van der Waals surface area contributed by atoms with Gasteiger partial charge in [0.1, 0.15) is 19.0 Å². The van der Waals surface area contributed by atoms with Gasteiger partial charge in [0.2, 0.25) is 0 Å². The average molecular weight is 379 g/mol. The number of pyridine rings is 1. The van der Waals surface area contributed by atoms with E-state index < -0.39 is 0 Å². The first-order valence-electron chi connectivity index (χ1n) is 10.1. The molecular weight excluding hydrogens is 354 g/mol. The molecule has 1 aromatic carbocycles. The lowest BCUT2D eigenvalue weighted by Gasteiger charge is -2.39. The van der Waals surface area contributed by atoms with Crippen LogP contribution in [-0.2, 0) is 11.3 Å². The minimum atomic E-state index is -0.271. The summed E-state index contributed by atoms with van der Waals surface area (Å²) in [5, 5.41) is 0. The van der Waals surface area contributed by atoms with E-state index in [4.69, 9.17) is 9.47 Å². The van der Waals surface area contributed by atoms with Gasteiger partial charge in [0.15, 0.2) is 0 Å². The molecule has 1 amide bonds. The van der Waals surface area contributed by atoms with E-state index in [0.29, 0.717) is 13.2 Å². The summed E-state index contributed by atoms with van der Waals surface area (Å²) in [4.78, 5) is 20.8. The van der Waals surface area contributed by atoms with Crippen molar-refractivity contribution < 1.29 is 14.3 Å². The molecule has 3 fully saturated rings. The van der Waals surface area contributed by atoms with Crippen LogP contribution < -0.4 is 9.64 Å². The Morgan fingerprint density at radius 2 is 1.96 bits per heavy atom. The third kappa shape index (κ3) is 3.63. The zero-order chi connectivity index (χ0) is 18.9. The van der Waals surface area contributed by atoms with Gasteiger partial charge in [0.05, 0.1) is 24.1 Å². The highest BCUT2D eigenvalue weighted by Gasteiger charge is 2.45. The van der Waals surface area contributed by atoms with Crippen LogP contribution in [0.4, 0.5) is 10.5 Å². The topological polar surface area (TPSA) is 54.9 Å². The van der Waals surface area contributed by atoms with Gasteiger partial charge in [-0.2, -0.15) is 0 Å². The molecule has 0 radical (unpaired) electrons. The number of carbonyl (C=O) groups is 1. The zero-order valence-electron chi connectivity index (χ0n) is 15.9. The highest BCUT2D eigenvalue weighted by Crippen LogP contribution is 2.46. The molecule has 2 unspecified atom stereocenters. The minimum absolute atomic E-state index is 0.0614. The second-order valence-electron chi connectivity index (χ2n) is 8.03. The van der Waals surface area contributed by atoms with Gasteiger partial charge in [-0.15, -0.1) is 0 Å². The quantitative estimate of drug-likeness (QED) is 0.771. The van der Waals surface area contributed by atoms with Gasteiger partial charge in [-0.1, -0.05) is 30.3 Å². The third-order valence-electron chi connectivity index (χ3n) is 6.07. The maximum atomic E-state index is 12.3. The molecule has 2 aromatic rings. The molecule has 0 spiro atoms. The largest absolute Gasteiger partial charge is 0.490 e. The molecule has 28 heavy (non-hydrogen) atoms. The Morgan fingerprint density at radius 3 is 2.71 bits per heavy atom. The summed E-state index contributed by atoms with van der Waals surface area (Å²) >= 11 is 0. The number of benzene rings is 1. The molecule has 0 N–H and O–H groups in total. The molecule has 3 atom stereocenters. The summed E-state index contributed by atoms with van der Waals surface area (Å²) < 4.78 is 11.4. The highest BCUT2D eigenvalue weighted by atomic mass is 16.6. The van der Waals surface area contributed by atoms with Gasteiger partial charge in [-0.05, 0) is 30.2 Å². The standard InChI is InChI=1S/C22H25N3O3/c26-22(28-14-16-4-2-1-3-5-16)25-7-6-19(25)15-27-21-9-20(10-23-11-21)24-12-17-8-18(17)13-24/h1-5,9-11,17-19H,6-8,12-15H2/t17?,18?,19-/m0/s1. The number of anilines is 1. The number of aromatic nitrogens is 1. The van der Waals surface area contributed by atoms with Crippen LogP contribution in [0.25, 0.3) is 0 Å². The van der Waals surface area contributed by atoms with Crippen LogP contribution in [0.1, 0.15) is 18.4 Å². The number of carbonyl (C=O) groups excluding carboxylic acids is 1.